The number of unbranched alkanes of at least 4 members (excludes halogenated alkanes) is 1. The summed E-state index contributed by atoms with van der Waals surface area (Å²) in [6.45, 7) is 5.93. The Hall–Kier alpha value is -2.28. The SMILES string of the molecule is CCCCNC(=O)Nc1ccc(N2CCCCC2)c(C(=O)NC[C@H]2CCCO2)c1. The van der Waals surface area contributed by atoms with Crippen LogP contribution in [0.5, 0.6) is 0 Å². The first-order valence-electron chi connectivity index (χ1n) is 11.0. The molecule has 1 aromatic rings. The van der Waals surface area contributed by atoms with Crippen molar-refractivity contribution in [1.29, 1.82) is 0 Å². The molecular weight excluding hydrogens is 368 g/mol. The fourth-order valence-corrected chi connectivity index (χ4v) is 3.87. The van der Waals surface area contributed by atoms with Gasteiger partial charge in [0.2, 0.25) is 0 Å². The highest BCUT2D eigenvalue weighted by molar-refractivity contribution is 6.02. The quantitative estimate of drug-likeness (QED) is 0.581. The number of nitrogens with one attached hydrogen (secondary N) is 3. The van der Waals surface area contributed by atoms with Gasteiger partial charge < -0.3 is 25.6 Å². The Morgan fingerprint density at radius 1 is 1.14 bits per heavy atom. The van der Waals surface area contributed by atoms with Crippen molar-refractivity contribution in [3.8, 4) is 0 Å². The molecule has 0 bridgehead atoms. The van der Waals surface area contributed by atoms with E-state index >= 15 is 0 Å². The molecular formula is C22H34N4O3. The second-order valence-corrected chi connectivity index (χ2v) is 7.86. The number of urea groups is 1. The molecule has 0 aromatic heterocycles. The predicted octanol–water partition coefficient (Wildman–Crippen LogP) is 3.51. The van der Waals surface area contributed by atoms with E-state index in [1.165, 1.54) is 6.42 Å². The standard InChI is InChI=1S/C22H34N4O3/c1-2-3-11-23-22(28)25-17-9-10-20(26-12-5-4-6-13-26)19(15-17)21(27)24-16-18-8-7-14-29-18/h9-10,15,18H,2-8,11-14,16H2,1H3,(H,24,27)(H2,23,25,28)/t18-/m1/s1. The molecule has 0 radical (unpaired) electrons. The fourth-order valence-electron chi connectivity index (χ4n) is 3.87. The van der Waals surface area contributed by atoms with Crippen molar-refractivity contribution in [3.63, 3.8) is 0 Å². The fraction of sp³-hybridized carbons (Fsp3) is 0.636. The number of carbonyl (C=O) groups is 2. The highest BCUT2D eigenvalue weighted by atomic mass is 16.5. The minimum absolute atomic E-state index is 0.100. The number of benzene rings is 1. The van der Waals surface area contributed by atoms with Gasteiger partial charge in [-0.3, -0.25) is 4.79 Å². The number of rotatable bonds is 8. The van der Waals surface area contributed by atoms with Crippen LogP contribution in [0, 0.1) is 0 Å². The van der Waals surface area contributed by atoms with Crippen molar-refractivity contribution < 1.29 is 14.3 Å². The van der Waals surface area contributed by atoms with Gasteiger partial charge in [0.1, 0.15) is 0 Å². The lowest BCUT2D eigenvalue weighted by atomic mass is 10.1. The predicted molar refractivity (Wildman–Crippen MR) is 116 cm³/mol. The zero-order valence-electron chi connectivity index (χ0n) is 17.5. The van der Waals surface area contributed by atoms with Crippen LogP contribution in [0.2, 0.25) is 0 Å². The average Bonchev–Trinajstić information content (AvgIpc) is 3.26. The van der Waals surface area contributed by atoms with Gasteiger partial charge >= 0.3 is 6.03 Å². The van der Waals surface area contributed by atoms with E-state index in [-0.39, 0.29) is 18.0 Å². The third kappa shape index (κ3) is 6.35. The number of amides is 3. The van der Waals surface area contributed by atoms with E-state index in [0.29, 0.717) is 24.3 Å². The number of piperidine rings is 1. The van der Waals surface area contributed by atoms with Gasteiger partial charge in [-0.2, -0.15) is 0 Å². The number of nitrogens with zero attached hydrogens (tertiary/aromatic N) is 1. The molecule has 2 fully saturated rings. The maximum atomic E-state index is 13.0. The maximum Gasteiger partial charge on any atom is 0.319 e. The molecule has 2 heterocycles. The lowest BCUT2D eigenvalue weighted by molar-refractivity contribution is 0.0858. The van der Waals surface area contributed by atoms with Gasteiger partial charge in [0.15, 0.2) is 0 Å². The molecule has 160 valence electrons. The van der Waals surface area contributed by atoms with E-state index in [4.69, 9.17) is 4.74 Å². The minimum atomic E-state index is -0.241. The van der Waals surface area contributed by atoms with Crippen molar-refractivity contribution in [2.24, 2.45) is 0 Å². The van der Waals surface area contributed by atoms with Gasteiger partial charge in [-0.1, -0.05) is 13.3 Å². The van der Waals surface area contributed by atoms with Crippen LogP contribution < -0.4 is 20.9 Å². The lowest BCUT2D eigenvalue weighted by Crippen LogP contribution is -2.35. The summed E-state index contributed by atoms with van der Waals surface area (Å²) in [5.74, 6) is -0.115. The highest BCUT2D eigenvalue weighted by Gasteiger charge is 2.21. The molecule has 1 atom stereocenters. The Balaban J connectivity index is 1.71. The molecule has 7 nitrogen and oxygen atoms in total. The third-order valence-corrected chi connectivity index (χ3v) is 5.53. The molecule has 1 aromatic carbocycles. The van der Waals surface area contributed by atoms with Gasteiger partial charge in [-0.15, -0.1) is 0 Å². The van der Waals surface area contributed by atoms with Crippen LogP contribution in [0.3, 0.4) is 0 Å². The van der Waals surface area contributed by atoms with Gasteiger partial charge in [-0.05, 0) is 56.7 Å². The normalized spacial score (nSPS) is 19.1. The molecule has 29 heavy (non-hydrogen) atoms. The zero-order chi connectivity index (χ0) is 20.5. The van der Waals surface area contributed by atoms with Crippen LogP contribution >= 0.6 is 0 Å². The Morgan fingerprint density at radius 2 is 1.97 bits per heavy atom. The van der Waals surface area contributed by atoms with Crippen molar-refractivity contribution in [1.82, 2.24) is 10.6 Å². The summed E-state index contributed by atoms with van der Waals surface area (Å²) in [6.07, 6.45) is 7.61. The molecule has 0 unspecified atom stereocenters. The lowest BCUT2D eigenvalue weighted by Gasteiger charge is -2.30. The smallest absolute Gasteiger partial charge is 0.319 e. The Labute approximate surface area is 173 Å². The maximum absolute atomic E-state index is 13.0. The van der Waals surface area contributed by atoms with Crippen LogP contribution in [0.15, 0.2) is 18.2 Å². The van der Waals surface area contributed by atoms with E-state index < -0.39 is 0 Å². The molecule has 2 aliphatic rings. The minimum Gasteiger partial charge on any atom is -0.376 e. The van der Waals surface area contributed by atoms with Crippen molar-refractivity contribution in [2.75, 3.05) is 43.0 Å². The Kier molecular flexibility index (Phi) is 8.16. The first kappa shape index (κ1) is 21.4. The molecule has 3 N–H and O–H groups in total. The van der Waals surface area contributed by atoms with Crippen LogP contribution in [0.25, 0.3) is 0 Å². The van der Waals surface area contributed by atoms with Crippen molar-refractivity contribution in [2.45, 2.75) is 58.0 Å². The topological polar surface area (TPSA) is 82.7 Å². The molecule has 0 spiro atoms. The number of hydrogen-bond donors (Lipinski definition) is 3. The number of anilines is 2. The van der Waals surface area contributed by atoms with Gasteiger partial charge in [0.05, 0.1) is 11.7 Å². The van der Waals surface area contributed by atoms with Gasteiger partial charge in [0, 0.05) is 44.2 Å². The summed E-state index contributed by atoms with van der Waals surface area (Å²) in [7, 11) is 0. The number of hydrogen-bond acceptors (Lipinski definition) is 4. The van der Waals surface area contributed by atoms with Crippen LogP contribution in [-0.4, -0.2) is 50.8 Å². The van der Waals surface area contributed by atoms with Gasteiger partial charge in [-0.25, -0.2) is 4.79 Å². The van der Waals surface area contributed by atoms with E-state index in [0.717, 1.165) is 63.9 Å². The monoisotopic (exact) mass is 402 g/mol. The molecule has 0 saturated carbocycles. The van der Waals surface area contributed by atoms with Gasteiger partial charge in [0.25, 0.3) is 5.91 Å². The third-order valence-electron chi connectivity index (χ3n) is 5.53. The van der Waals surface area contributed by atoms with E-state index in [1.807, 2.05) is 12.1 Å². The van der Waals surface area contributed by atoms with Crippen molar-refractivity contribution in [3.05, 3.63) is 23.8 Å². The molecule has 0 aliphatic carbocycles. The summed E-state index contributed by atoms with van der Waals surface area (Å²) < 4.78 is 5.62. The highest BCUT2D eigenvalue weighted by Crippen LogP contribution is 2.27. The second-order valence-electron chi connectivity index (χ2n) is 7.86. The van der Waals surface area contributed by atoms with Crippen LogP contribution in [0.4, 0.5) is 16.2 Å². The van der Waals surface area contributed by atoms with Crippen LogP contribution in [0.1, 0.15) is 62.2 Å². The first-order chi connectivity index (χ1) is 14.2. The largest absolute Gasteiger partial charge is 0.376 e. The molecule has 3 amide bonds. The summed E-state index contributed by atoms with van der Waals surface area (Å²) >= 11 is 0. The molecule has 3 rings (SSSR count). The summed E-state index contributed by atoms with van der Waals surface area (Å²) in [6, 6.07) is 5.37. The van der Waals surface area contributed by atoms with Crippen LogP contribution in [-0.2, 0) is 4.74 Å². The molecule has 2 saturated heterocycles. The molecule has 2 aliphatic heterocycles. The zero-order valence-corrected chi connectivity index (χ0v) is 17.5. The summed E-state index contributed by atoms with van der Waals surface area (Å²) in [5, 5.41) is 8.72. The summed E-state index contributed by atoms with van der Waals surface area (Å²) in [5.41, 5.74) is 2.17. The summed E-state index contributed by atoms with van der Waals surface area (Å²) in [4.78, 5) is 27.4. The second kappa shape index (κ2) is 11.0. The number of carbonyl (C=O) groups excluding carboxylic acids is 2. The first-order valence-corrected chi connectivity index (χ1v) is 11.0. The Bertz CT molecular complexity index is 683. The number of ether oxygens (including phenoxy) is 1. The van der Waals surface area contributed by atoms with Crippen molar-refractivity contribution >= 4 is 23.3 Å². The van der Waals surface area contributed by atoms with E-state index in [9.17, 15) is 9.59 Å². The Morgan fingerprint density at radius 3 is 2.69 bits per heavy atom. The van der Waals surface area contributed by atoms with E-state index in [1.54, 1.807) is 6.07 Å². The average molecular weight is 403 g/mol. The van der Waals surface area contributed by atoms with E-state index in [2.05, 4.69) is 27.8 Å². The molecule has 7 heteroatoms.